The molecule has 4 nitrogen and oxygen atoms in total. The maximum Gasteiger partial charge on any atom is 0.258 e. The van der Waals surface area contributed by atoms with Gasteiger partial charge in [0.2, 0.25) is 0 Å². The zero-order valence-electron chi connectivity index (χ0n) is 19.6. The molecule has 1 fully saturated rings. The number of aromatic nitrogens is 2. The molecule has 0 saturated heterocycles. The van der Waals surface area contributed by atoms with Crippen molar-refractivity contribution in [2.75, 3.05) is 12.9 Å². The minimum absolute atomic E-state index is 0.0817. The van der Waals surface area contributed by atoms with Crippen molar-refractivity contribution in [3.05, 3.63) is 75.6 Å². The predicted octanol–water partition coefficient (Wildman–Crippen LogP) is 6.23. The highest BCUT2D eigenvalue weighted by molar-refractivity contribution is 7.99. The first-order valence-electron chi connectivity index (χ1n) is 12.1. The number of methoxy groups -OCH3 is 1. The Balaban J connectivity index is 1.70. The largest absolute Gasteiger partial charge is 0.497 e. The van der Waals surface area contributed by atoms with Gasteiger partial charge in [-0.05, 0) is 48.9 Å². The summed E-state index contributed by atoms with van der Waals surface area (Å²) in [5.41, 5.74) is 5.57. The van der Waals surface area contributed by atoms with Crippen molar-refractivity contribution in [3.63, 3.8) is 0 Å². The second-order valence-corrected chi connectivity index (χ2v) is 10.4. The van der Waals surface area contributed by atoms with Crippen LogP contribution in [0.5, 0.6) is 5.75 Å². The molecule has 33 heavy (non-hydrogen) atoms. The van der Waals surface area contributed by atoms with Crippen LogP contribution in [0.1, 0.15) is 62.1 Å². The van der Waals surface area contributed by atoms with Crippen LogP contribution in [0.15, 0.2) is 58.5 Å². The van der Waals surface area contributed by atoms with Crippen LogP contribution in [0.4, 0.5) is 0 Å². The van der Waals surface area contributed by atoms with E-state index >= 15 is 0 Å². The molecular formula is C28H32N2O2S. The summed E-state index contributed by atoms with van der Waals surface area (Å²) in [5.74, 6) is 1.77. The molecule has 172 valence electrons. The molecule has 3 aromatic rings. The lowest BCUT2D eigenvalue weighted by molar-refractivity contribution is 0.282. The Morgan fingerprint density at radius 3 is 2.55 bits per heavy atom. The zero-order chi connectivity index (χ0) is 22.8. The summed E-state index contributed by atoms with van der Waals surface area (Å²) >= 11 is 1.70. The van der Waals surface area contributed by atoms with E-state index < -0.39 is 0 Å². The first-order chi connectivity index (χ1) is 16.1. The smallest absolute Gasteiger partial charge is 0.258 e. The third kappa shape index (κ3) is 4.12. The SMILES string of the molecule is CCCSc1nc2c(c(=O)n1Cc1ccc(OC)cc1)C1(CCCCC1)Cc1ccccc1-2. The summed E-state index contributed by atoms with van der Waals surface area (Å²) in [4.78, 5) is 19.5. The van der Waals surface area contributed by atoms with E-state index in [1.54, 1.807) is 18.9 Å². The van der Waals surface area contributed by atoms with Crippen LogP contribution in [0.3, 0.4) is 0 Å². The van der Waals surface area contributed by atoms with E-state index in [1.165, 1.54) is 24.8 Å². The molecule has 2 aliphatic carbocycles. The molecule has 1 aromatic heterocycles. The molecule has 2 aromatic carbocycles. The van der Waals surface area contributed by atoms with E-state index in [1.807, 2.05) is 28.8 Å². The minimum atomic E-state index is -0.0817. The van der Waals surface area contributed by atoms with Crippen LogP contribution in [-0.4, -0.2) is 22.4 Å². The van der Waals surface area contributed by atoms with E-state index in [-0.39, 0.29) is 11.0 Å². The fourth-order valence-electron chi connectivity index (χ4n) is 5.58. The molecule has 0 radical (unpaired) electrons. The van der Waals surface area contributed by atoms with E-state index in [2.05, 4.69) is 31.2 Å². The van der Waals surface area contributed by atoms with Crippen LogP contribution in [0, 0.1) is 0 Å². The Morgan fingerprint density at radius 1 is 1.06 bits per heavy atom. The molecule has 1 saturated carbocycles. The van der Waals surface area contributed by atoms with Gasteiger partial charge < -0.3 is 4.74 Å². The number of fused-ring (bicyclic) bond motifs is 4. The molecule has 0 N–H and O–H groups in total. The second kappa shape index (κ2) is 9.38. The van der Waals surface area contributed by atoms with Crippen LogP contribution in [0.25, 0.3) is 11.3 Å². The predicted molar refractivity (Wildman–Crippen MR) is 136 cm³/mol. The molecular weight excluding hydrogens is 428 g/mol. The monoisotopic (exact) mass is 460 g/mol. The summed E-state index contributed by atoms with van der Waals surface area (Å²) in [6, 6.07) is 16.6. The van der Waals surface area contributed by atoms with E-state index in [0.29, 0.717) is 6.54 Å². The molecule has 0 aliphatic heterocycles. The number of hydrogen-bond donors (Lipinski definition) is 0. The summed E-state index contributed by atoms with van der Waals surface area (Å²) in [7, 11) is 1.67. The molecule has 2 aliphatic rings. The Morgan fingerprint density at radius 2 is 1.82 bits per heavy atom. The van der Waals surface area contributed by atoms with Gasteiger partial charge in [-0.1, -0.05) is 74.3 Å². The maximum atomic E-state index is 14.3. The Hall–Kier alpha value is -2.53. The number of hydrogen-bond acceptors (Lipinski definition) is 4. The first-order valence-corrected chi connectivity index (χ1v) is 13.1. The van der Waals surface area contributed by atoms with Gasteiger partial charge >= 0.3 is 0 Å². The lowest BCUT2D eigenvalue weighted by Crippen LogP contribution is -2.43. The van der Waals surface area contributed by atoms with Gasteiger partial charge in [-0.25, -0.2) is 4.98 Å². The second-order valence-electron chi connectivity index (χ2n) is 9.38. The summed E-state index contributed by atoms with van der Waals surface area (Å²) in [6.07, 6.45) is 7.79. The van der Waals surface area contributed by atoms with Crippen LogP contribution >= 0.6 is 11.8 Å². The van der Waals surface area contributed by atoms with Crippen molar-refractivity contribution in [1.82, 2.24) is 9.55 Å². The van der Waals surface area contributed by atoms with Gasteiger partial charge in [0, 0.05) is 16.7 Å². The molecule has 0 atom stereocenters. The molecule has 0 amide bonds. The van der Waals surface area contributed by atoms with Gasteiger partial charge in [0.05, 0.1) is 24.9 Å². The van der Waals surface area contributed by atoms with Gasteiger partial charge in [0.1, 0.15) is 5.75 Å². The van der Waals surface area contributed by atoms with Crippen LogP contribution in [-0.2, 0) is 18.4 Å². The average Bonchev–Trinajstić information content (AvgIpc) is 2.85. The number of nitrogens with zero attached hydrogens (tertiary/aromatic N) is 2. The molecule has 1 spiro atoms. The quantitative estimate of drug-likeness (QED) is 0.323. The third-order valence-electron chi connectivity index (χ3n) is 7.21. The van der Waals surface area contributed by atoms with E-state index in [9.17, 15) is 4.79 Å². The fraction of sp³-hybridized carbons (Fsp3) is 0.429. The lowest BCUT2D eigenvalue weighted by Gasteiger charge is -2.42. The number of benzene rings is 2. The Labute approximate surface area is 200 Å². The van der Waals surface area contributed by atoms with Gasteiger partial charge in [-0.3, -0.25) is 9.36 Å². The highest BCUT2D eigenvalue weighted by Crippen LogP contribution is 2.48. The lowest BCUT2D eigenvalue weighted by atomic mass is 9.62. The van der Waals surface area contributed by atoms with Gasteiger partial charge in [-0.15, -0.1) is 0 Å². The van der Waals surface area contributed by atoms with E-state index in [0.717, 1.165) is 64.7 Å². The Bertz CT molecular complexity index is 1190. The minimum Gasteiger partial charge on any atom is -0.497 e. The van der Waals surface area contributed by atoms with Crippen molar-refractivity contribution in [2.24, 2.45) is 0 Å². The summed E-state index contributed by atoms with van der Waals surface area (Å²) in [6.45, 7) is 2.70. The molecule has 0 unspecified atom stereocenters. The first kappa shape index (κ1) is 22.3. The molecule has 5 rings (SSSR count). The molecule has 0 bridgehead atoms. The van der Waals surface area contributed by atoms with Gasteiger partial charge in [-0.2, -0.15) is 0 Å². The number of rotatable bonds is 6. The molecule has 1 heterocycles. The number of thioether (sulfide) groups is 1. The maximum absolute atomic E-state index is 14.3. The average molecular weight is 461 g/mol. The van der Waals surface area contributed by atoms with Crippen molar-refractivity contribution in [1.29, 1.82) is 0 Å². The third-order valence-corrected chi connectivity index (χ3v) is 8.39. The van der Waals surface area contributed by atoms with Crippen molar-refractivity contribution in [2.45, 2.75) is 69.0 Å². The highest BCUT2D eigenvalue weighted by atomic mass is 32.2. The number of ether oxygens (including phenoxy) is 1. The standard InChI is InChI=1S/C28H32N2O2S/c1-3-17-33-27-29-25-23-10-6-5-9-21(23)18-28(15-7-4-8-16-28)24(25)26(31)30(27)19-20-11-13-22(32-2)14-12-20/h5-6,9-14H,3-4,7-8,15-19H2,1-2H3. The van der Waals surface area contributed by atoms with Crippen LogP contribution < -0.4 is 10.3 Å². The Kier molecular flexibility index (Phi) is 6.33. The van der Waals surface area contributed by atoms with Crippen molar-refractivity contribution < 1.29 is 4.74 Å². The summed E-state index contributed by atoms with van der Waals surface area (Å²) < 4.78 is 7.25. The van der Waals surface area contributed by atoms with E-state index in [4.69, 9.17) is 9.72 Å². The fourth-order valence-corrected chi connectivity index (χ4v) is 6.42. The van der Waals surface area contributed by atoms with Gasteiger partial charge in [0.25, 0.3) is 5.56 Å². The van der Waals surface area contributed by atoms with Gasteiger partial charge in [0.15, 0.2) is 5.16 Å². The summed E-state index contributed by atoms with van der Waals surface area (Å²) in [5, 5.41) is 0.832. The highest BCUT2D eigenvalue weighted by Gasteiger charge is 2.43. The normalized spacial score (nSPS) is 16.3. The zero-order valence-corrected chi connectivity index (χ0v) is 20.4. The van der Waals surface area contributed by atoms with Crippen LogP contribution in [0.2, 0.25) is 0 Å². The van der Waals surface area contributed by atoms with Crippen molar-refractivity contribution >= 4 is 11.8 Å². The van der Waals surface area contributed by atoms with Crippen molar-refractivity contribution in [3.8, 4) is 17.0 Å². The molecule has 5 heteroatoms. The topological polar surface area (TPSA) is 44.1 Å².